The number of aromatic nitrogens is 2. The largest absolute Gasteiger partial charge is 0.332 e. The Morgan fingerprint density at radius 1 is 1.04 bits per heavy atom. The Morgan fingerprint density at radius 2 is 1.64 bits per heavy atom. The highest BCUT2D eigenvalue weighted by molar-refractivity contribution is 5.80. The van der Waals surface area contributed by atoms with Gasteiger partial charge in [0.05, 0.1) is 0 Å². The average Bonchev–Trinajstić information content (AvgIpc) is 2.98. The summed E-state index contributed by atoms with van der Waals surface area (Å²) in [6.45, 7) is 9.73. The fourth-order valence-corrected chi connectivity index (χ4v) is 5.47. The molecule has 1 saturated carbocycles. The van der Waals surface area contributed by atoms with Crippen molar-refractivity contribution in [2.45, 2.75) is 83.7 Å². The first-order valence-electron chi connectivity index (χ1n) is 11.4. The lowest BCUT2D eigenvalue weighted by Crippen LogP contribution is -2.54. The highest BCUT2D eigenvalue weighted by Gasteiger charge is 2.40. The van der Waals surface area contributed by atoms with E-state index in [4.69, 9.17) is 9.97 Å². The molecule has 3 fully saturated rings. The lowest BCUT2D eigenvalue weighted by atomic mass is 9.77. The van der Waals surface area contributed by atoms with Crippen molar-refractivity contribution in [3.05, 3.63) is 18.0 Å². The van der Waals surface area contributed by atoms with Crippen LogP contribution < -0.4 is 4.90 Å². The van der Waals surface area contributed by atoms with Gasteiger partial charge in [0.25, 0.3) is 0 Å². The first-order valence-corrected chi connectivity index (χ1v) is 11.4. The van der Waals surface area contributed by atoms with Crippen LogP contribution in [0.3, 0.4) is 0 Å². The van der Waals surface area contributed by atoms with Gasteiger partial charge in [-0.3, -0.25) is 9.69 Å². The van der Waals surface area contributed by atoms with Crippen molar-refractivity contribution in [1.82, 2.24) is 14.9 Å². The molecular formula is C23H36N4O. The number of nitrogens with zero attached hydrogens (tertiary/aromatic N) is 4. The van der Waals surface area contributed by atoms with E-state index in [9.17, 15) is 4.79 Å². The first-order chi connectivity index (χ1) is 13.5. The number of likely N-dealkylation sites (N-methyl/N-ethyl adjacent to an activating group) is 1. The minimum atomic E-state index is 0.174. The predicted octanol–water partition coefficient (Wildman–Crippen LogP) is 4.04. The zero-order valence-electron chi connectivity index (χ0n) is 17.8. The second-order valence-corrected chi connectivity index (χ2v) is 9.50. The topological polar surface area (TPSA) is 49.3 Å². The molecule has 4 rings (SSSR count). The van der Waals surface area contributed by atoms with Gasteiger partial charge in [-0.15, -0.1) is 0 Å². The van der Waals surface area contributed by atoms with Crippen LogP contribution in [-0.4, -0.2) is 52.4 Å². The van der Waals surface area contributed by atoms with Gasteiger partial charge in [0.15, 0.2) is 0 Å². The lowest BCUT2D eigenvalue weighted by molar-refractivity contribution is -0.123. The van der Waals surface area contributed by atoms with Crippen molar-refractivity contribution in [3.8, 4) is 0 Å². The molecule has 0 amide bonds. The minimum Gasteiger partial charge on any atom is -0.332 e. The number of hydrogen-bond donors (Lipinski definition) is 0. The Bertz CT molecular complexity index is 652. The van der Waals surface area contributed by atoms with Crippen LogP contribution in [0, 0.1) is 11.8 Å². The van der Waals surface area contributed by atoms with Crippen LogP contribution in [0.5, 0.6) is 0 Å². The number of rotatable bonds is 6. The Hall–Kier alpha value is -1.49. The Labute approximate surface area is 169 Å². The summed E-state index contributed by atoms with van der Waals surface area (Å²) in [5, 5.41) is 0. The van der Waals surface area contributed by atoms with Crippen LogP contribution in [0.2, 0.25) is 0 Å². The summed E-state index contributed by atoms with van der Waals surface area (Å²) in [6, 6.07) is 1.16. The molecule has 1 aliphatic carbocycles. The van der Waals surface area contributed by atoms with Crippen LogP contribution >= 0.6 is 0 Å². The van der Waals surface area contributed by atoms with Gasteiger partial charge in [-0.05, 0) is 62.5 Å². The molecule has 0 aromatic carbocycles. The Kier molecular flexibility index (Phi) is 6.00. The van der Waals surface area contributed by atoms with E-state index in [-0.39, 0.29) is 5.92 Å². The maximum absolute atomic E-state index is 12.0. The van der Waals surface area contributed by atoms with E-state index >= 15 is 0 Å². The smallest absolute Gasteiger partial charge is 0.225 e. The quantitative estimate of drug-likeness (QED) is 0.741. The monoisotopic (exact) mass is 384 g/mol. The fraction of sp³-hybridized carbons (Fsp3) is 0.783. The zero-order chi connectivity index (χ0) is 19.7. The van der Waals surface area contributed by atoms with E-state index in [2.05, 4.69) is 29.1 Å². The van der Waals surface area contributed by atoms with Gasteiger partial charge >= 0.3 is 0 Å². The van der Waals surface area contributed by atoms with E-state index in [0.29, 0.717) is 29.7 Å². The molecule has 5 nitrogen and oxygen atoms in total. The molecule has 5 heteroatoms. The summed E-state index contributed by atoms with van der Waals surface area (Å²) in [4.78, 5) is 26.7. The molecule has 0 radical (unpaired) electrons. The van der Waals surface area contributed by atoms with Gasteiger partial charge in [0, 0.05) is 49.9 Å². The van der Waals surface area contributed by atoms with Gasteiger partial charge in [0.1, 0.15) is 5.78 Å². The normalized spacial score (nSPS) is 30.8. The highest BCUT2D eigenvalue weighted by atomic mass is 16.1. The van der Waals surface area contributed by atoms with Gasteiger partial charge in [-0.1, -0.05) is 20.8 Å². The molecule has 2 aliphatic heterocycles. The third-order valence-electron chi connectivity index (χ3n) is 7.35. The maximum Gasteiger partial charge on any atom is 0.225 e. The second-order valence-electron chi connectivity index (χ2n) is 9.50. The number of likely N-dealkylation sites (tertiary alicyclic amines) is 1. The van der Waals surface area contributed by atoms with E-state index in [1.54, 1.807) is 0 Å². The van der Waals surface area contributed by atoms with Crippen molar-refractivity contribution in [2.24, 2.45) is 11.8 Å². The van der Waals surface area contributed by atoms with Crippen molar-refractivity contribution >= 4 is 11.7 Å². The molecular weight excluding hydrogens is 348 g/mol. The summed E-state index contributed by atoms with van der Waals surface area (Å²) < 4.78 is 0. The maximum atomic E-state index is 12.0. The molecule has 28 heavy (non-hydrogen) atoms. The standard InChI is InChI=1S/C23H36N4O/c1-4-26-14-20-9-10-21(15-26)27(20)23-24-12-19(13-25-23)18-7-5-17(6-8-18)11-22(28)16(2)3/h12-13,16-18,20-21H,4-11,14-15H2,1-3H3. The summed E-state index contributed by atoms with van der Waals surface area (Å²) in [5.74, 6) is 2.68. The third kappa shape index (κ3) is 4.10. The van der Waals surface area contributed by atoms with Crippen LogP contribution in [0.25, 0.3) is 0 Å². The average molecular weight is 385 g/mol. The van der Waals surface area contributed by atoms with Crippen LogP contribution in [0.1, 0.15) is 77.2 Å². The Morgan fingerprint density at radius 3 is 2.18 bits per heavy atom. The summed E-state index contributed by atoms with van der Waals surface area (Å²) in [7, 11) is 0. The van der Waals surface area contributed by atoms with Gasteiger partial charge in [-0.2, -0.15) is 0 Å². The number of fused-ring (bicyclic) bond motifs is 2. The molecule has 2 saturated heterocycles. The van der Waals surface area contributed by atoms with Crippen molar-refractivity contribution in [2.75, 3.05) is 24.5 Å². The van der Waals surface area contributed by atoms with Crippen molar-refractivity contribution in [3.63, 3.8) is 0 Å². The van der Waals surface area contributed by atoms with Crippen LogP contribution in [0.4, 0.5) is 5.95 Å². The molecule has 0 N–H and O–H groups in total. The summed E-state index contributed by atoms with van der Waals surface area (Å²) in [6.07, 6.45) is 12.1. The highest BCUT2D eigenvalue weighted by Crippen LogP contribution is 2.38. The molecule has 154 valence electrons. The van der Waals surface area contributed by atoms with E-state index in [1.807, 2.05) is 13.8 Å². The molecule has 3 aliphatic rings. The molecule has 2 bridgehead atoms. The number of carbonyl (C=O) groups is 1. The molecule has 1 aromatic rings. The summed E-state index contributed by atoms with van der Waals surface area (Å²) in [5.41, 5.74) is 1.29. The minimum absolute atomic E-state index is 0.174. The third-order valence-corrected chi connectivity index (χ3v) is 7.35. The first kappa shape index (κ1) is 19.8. The van der Waals surface area contributed by atoms with Crippen LogP contribution in [0.15, 0.2) is 12.4 Å². The molecule has 2 unspecified atom stereocenters. The predicted molar refractivity (Wildman–Crippen MR) is 113 cm³/mol. The van der Waals surface area contributed by atoms with Crippen molar-refractivity contribution < 1.29 is 4.79 Å². The van der Waals surface area contributed by atoms with Crippen LogP contribution in [-0.2, 0) is 4.79 Å². The number of carbonyl (C=O) groups excluding carboxylic acids is 1. The van der Waals surface area contributed by atoms with Gasteiger partial charge in [-0.25, -0.2) is 9.97 Å². The molecule has 1 aromatic heterocycles. The van der Waals surface area contributed by atoms with Crippen molar-refractivity contribution in [1.29, 1.82) is 0 Å². The number of anilines is 1. The second kappa shape index (κ2) is 8.48. The lowest BCUT2D eigenvalue weighted by Gasteiger charge is -2.40. The van der Waals surface area contributed by atoms with Gasteiger partial charge in [0.2, 0.25) is 5.95 Å². The number of piperazine rings is 1. The fourth-order valence-electron chi connectivity index (χ4n) is 5.47. The molecule has 2 atom stereocenters. The number of Topliss-reactive ketones (excluding diaryl/α,β-unsaturated/α-hetero) is 1. The Balaban J connectivity index is 1.34. The zero-order valence-corrected chi connectivity index (χ0v) is 17.8. The number of ketones is 1. The SMILES string of the molecule is CCN1CC2CCC(C1)N2c1ncc(C2CCC(CC(=O)C(C)C)CC2)cn1. The molecule has 3 heterocycles. The van der Waals surface area contributed by atoms with E-state index in [0.717, 1.165) is 44.8 Å². The van der Waals surface area contributed by atoms with E-state index in [1.165, 1.54) is 31.2 Å². The molecule has 0 spiro atoms. The van der Waals surface area contributed by atoms with E-state index < -0.39 is 0 Å². The number of hydrogen-bond acceptors (Lipinski definition) is 5. The van der Waals surface area contributed by atoms with Gasteiger partial charge < -0.3 is 4.90 Å². The summed E-state index contributed by atoms with van der Waals surface area (Å²) >= 11 is 0.